The highest BCUT2D eigenvalue weighted by atomic mass is 35.5. The topological polar surface area (TPSA) is 20.3 Å². The third kappa shape index (κ3) is 3.18. The van der Waals surface area contributed by atoms with Gasteiger partial charge in [-0.3, -0.25) is 9.69 Å². The lowest BCUT2D eigenvalue weighted by molar-refractivity contribution is -0.128. The SMILES string of the molecule is CCN(CC)CC(=O)C1(c2ccccc2)CCC1.Cl. The molecule has 1 aliphatic rings. The van der Waals surface area contributed by atoms with Gasteiger partial charge < -0.3 is 0 Å². The molecule has 0 bridgehead atoms. The molecule has 0 radical (unpaired) electrons. The number of halogens is 1. The van der Waals surface area contributed by atoms with E-state index in [9.17, 15) is 4.79 Å². The third-order valence-electron chi connectivity index (χ3n) is 4.33. The van der Waals surface area contributed by atoms with E-state index in [1.165, 1.54) is 12.0 Å². The molecule has 1 aromatic rings. The largest absolute Gasteiger partial charge is 0.297 e. The van der Waals surface area contributed by atoms with Crippen molar-refractivity contribution in [1.82, 2.24) is 4.90 Å². The van der Waals surface area contributed by atoms with Gasteiger partial charge in [-0.2, -0.15) is 0 Å². The summed E-state index contributed by atoms with van der Waals surface area (Å²) in [4.78, 5) is 14.8. The first-order chi connectivity index (χ1) is 8.73. The Balaban J connectivity index is 0.00000180. The highest BCUT2D eigenvalue weighted by molar-refractivity contribution is 5.92. The van der Waals surface area contributed by atoms with Crippen molar-refractivity contribution in [2.75, 3.05) is 19.6 Å². The van der Waals surface area contributed by atoms with Gasteiger partial charge in [0.2, 0.25) is 0 Å². The van der Waals surface area contributed by atoms with Crippen LogP contribution in [0.3, 0.4) is 0 Å². The number of Topliss-reactive ketones (excluding diaryl/α,β-unsaturated/α-hetero) is 1. The van der Waals surface area contributed by atoms with Gasteiger partial charge in [-0.1, -0.05) is 50.6 Å². The second-order valence-corrected chi connectivity index (χ2v) is 5.19. The van der Waals surface area contributed by atoms with Gasteiger partial charge >= 0.3 is 0 Å². The Labute approximate surface area is 122 Å². The summed E-state index contributed by atoms with van der Waals surface area (Å²) in [6, 6.07) is 10.3. The number of carbonyl (C=O) groups excluding carboxylic acids is 1. The Bertz CT molecular complexity index is 396. The molecule has 0 saturated heterocycles. The Kier molecular flexibility index (Phi) is 6.02. The number of rotatable bonds is 6. The van der Waals surface area contributed by atoms with Crippen LogP contribution in [0.15, 0.2) is 30.3 Å². The summed E-state index contributed by atoms with van der Waals surface area (Å²) in [5, 5.41) is 0. The molecule has 0 heterocycles. The fraction of sp³-hybridized carbons (Fsp3) is 0.562. The van der Waals surface area contributed by atoms with E-state index in [2.05, 4.69) is 30.9 Å². The van der Waals surface area contributed by atoms with E-state index in [4.69, 9.17) is 0 Å². The van der Waals surface area contributed by atoms with Crippen molar-refractivity contribution in [3.63, 3.8) is 0 Å². The summed E-state index contributed by atoms with van der Waals surface area (Å²) in [6.45, 7) is 6.74. The second-order valence-electron chi connectivity index (χ2n) is 5.19. The van der Waals surface area contributed by atoms with Crippen LogP contribution in [-0.4, -0.2) is 30.3 Å². The summed E-state index contributed by atoms with van der Waals surface area (Å²) in [5.41, 5.74) is 1.04. The van der Waals surface area contributed by atoms with Crippen LogP contribution in [-0.2, 0) is 10.2 Å². The number of nitrogens with zero attached hydrogens (tertiary/aromatic N) is 1. The summed E-state index contributed by atoms with van der Waals surface area (Å²) >= 11 is 0. The summed E-state index contributed by atoms with van der Waals surface area (Å²) < 4.78 is 0. The minimum atomic E-state index is -0.177. The van der Waals surface area contributed by atoms with Gasteiger partial charge in [0, 0.05) is 0 Å². The number of ketones is 1. The number of carbonyl (C=O) groups is 1. The summed E-state index contributed by atoms with van der Waals surface area (Å²) in [5.74, 6) is 0.406. The van der Waals surface area contributed by atoms with Crippen molar-refractivity contribution in [2.24, 2.45) is 0 Å². The minimum absolute atomic E-state index is 0. The molecule has 106 valence electrons. The first kappa shape index (κ1) is 16.2. The van der Waals surface area contributed by atoms with Crippen molar-refractivity contribution in [1.29, 1.82) is 0 Å². The molecule has 0 N–H and O–H groups in total. The highest BCUT2D eigenvalue weighted by Crippen LogP contribution is 2.44. The molecule has 2 nitrogen and oxygen atoms in total. The molecular formula is C16H24ClNO. The van der Waals surface area contributed by atoms with E-state index >= 15 is 0 Å². The number of hydrogen-bond donors (Lipinski definition) is 0. The average Bonchev–Trinajstić information content (AvgIpc) is 2.36. The van der Waals surface area contributed by atoms with Gasteiger partial charge in [0.15, 0.2) is 5.78 Å². The zero-order chi connectivity index (χ0) is 13.0. The van der Waals surface area contributed by atoms with Crippen LogP contribution < -0.4 is 0 Å². The first-order valence-electron chi connectivity index (χ1n) is 7.04. The Hall–Kier alpha value is -0.860. The molecule has 19 heavy (non-hydrogen) atoms. The Morgan fingerprint density at radius 3 is 2.16 bits per heavy atom. The molecule has 1 aliphatic carbocycles. The monoisotopic (exact) mass is 281 g/mol. The van der Waals surface area contributed by atoms with Crippen LogP contribution in [0, 0.1) is 0 Å². The maximum atomic E-state index is 12.6. The Morgan fingerprint density at radius 2 is 1.74 bits per heavy atom. The first-order valence-corrected chi connectivity index (χ1v) is 7.04. The second kappa shape index (κ2) is 7.06. The summed E-state index contributed by atoms with van der Waals surface area (Å²) in [6.07, 6.45) is 3.23. The number of benzene rings is 1. The third-order valence-corrected chi connectivity index (χ3v) is 4.33. The lowest BCUT2D eigenvalue weighted by Crippen LogP contribution is -2.47. The molecule has 0 amide bonds. The summed E-state index contributed by atoms with van der Waals surface area (Å²) in [7, 11) is 0. The maximum absolute atomic E-state index is 12.6. The van der Waals surface area contributed by atoms with Crippen LogP contribution in [0.25, 0.3) is 0 Å². The predicted molar refractivity (Wildman–Crippen MR) is 82.0 cm³/mol. The minimum Gasteiger partial charge on any atom is -0.297 e. The normalized spacial score (nSPS) is 16.6. The Morgan fingerprint density at radius 1 is 1.16 bits per heavy atom. The zero-order valence-corrected chi connectivity index (χ0v) is 12.7. The molecule has 0 aliphatic heterocycles. The van der Waals surface area contributed by atoms with Gasteiger partial charge in [0.05, 0.1) is 12.0 Å². The van der Waals surface area contributed by atoms with Crippen molar-refractivity contribution >= 4 is 18.2 Å². The van der Waals surface area contributed by atoms with Crippen molar-refractivity contribution < 1.29 is 4.79 Å². The fourth-order valence-corrected chi connectivity index (χ4v) is 2.82. The highest BCUT2D eigenvalue weighted by Gasteiger charge is 2.44. The molecule has 1 saturated carbocycles. The molecule has 1 fully saturated rings. The average molecular weight is 282 g/mol. The molecule has 0 aromatic heterocycles. The van der Waals surface area contributed by atoms with Gasteiger partial charge in [0.25, 0.3) is 0 Å². The molecule has 3 heteroatoms. The maximum Gasteiger partial charge on any atom is 0.157 e. The number of hydrogen-bond acceptors (Lipinski definition) is 2. The van der Waals surface area contributed by atoms with E-state index in [1.807, 2.05) is 18.2 Å². The van der Waals surface area contributed by atoms with E-state index < -0.39 is 0 Å². The molecule has 0 spiro atoms. The lowest BCUT2D eigenvalue weighted by atomic mass is 9.62. The van der Waals surface area contributed by atoms with Gasteiger partial charge in [-0.25, -0.2) is 0 Å². The van der Waals surface area contributed by atoms with Crippen LogP contribution in [0.2, 0.25) is 0 Å². The van der Waals surface area contributed by atoms with Crippen molar-refractivity contribution in [3.8, 4) is 0 Å². The van der Waals surface area contributed by atoms with Gasteiger partial charge in [-0.05, 0) is 31.5 Å². The van der Waals surface area contributed by atoms with Crippen LogP contribution in [0.5, 0.6) is 0 Å². The van der Waals surface area contributed by atoms with Crippen LogP contribution in [0.1, 0.15) is 38.7 Å². The van der Waals surface area contributed by atoms with E-state index in [1.54, 1.807) is 0 Å². The predicted octanol–water partition coefficient (Wildman–Crippen LogP) is 3.44. The molecule has 1 aromatic carbocycles. The lowest BCUT2D eigenvalue weighted by Gasteiger charge is -2.42. The van der Waals surface area contributed by atoms with E-state index in [-0.39, 0.29) is 17.8 Å². The smallest absolute Gasteiger partial charge is 0.157 e. The zero-order valence-electron chi connectivity index (χ0n) is 11.9. The number of likely N-dealkylation sites (N-methyl/N-ethyl adjacent to an activating group) is 1. The van der Waals surface area contributed by atoms with Gasteiger partial charge in [-0.15, -0.1) is 12.4 Å². The fourth-order valence-electron chi connectivity index (χ4n) is 2.82. The van der Waals surface area contributed by atoms with Crippen LogP contribution >= 0.6 is 12.4 Å². The van der Waals surface area contributed by atoms with Crippen molar-refractivity contribution in [2.45, 2.75) is 38.5 Å². The molecule has 2 rings (SSSR count). The van der Waals surface area contributed by atoms with E-state index in [0.717, 1.165) is 25.9 Å². The van der Waals surface area contributed by atoms with E-state index in [0.29, 0.717) is 12.3 Å². The van der Waals surface area contributed by atoms with Crippen molar-refractivity contribution in [3.05, 3.63) is 35.9 Å². The standard InChI is InChI=1S/C16H23NO.ClH/c1-3-17(4-2)13-15(18)16(11-8-12-16)14-9-6-5-7-10-14;/h5-7,9-10H,3-4,8,11-13H2,1-2H3;1H. The van der Waals surface area contributed by atoms with Gasteiger partial charge in [0.1, 0.15) is 0 Å². The van der Waals surface area contributed by atoms with Crippen LogP contribution in [0.4, 0.5) is 0 Å². The quantitative estimate of drug-likeness (QED) is 0.796. The molecule has 0 unspecified atom stereocenters. The molecular weight excluding hydrogens is 258 g/mol. The molecule has 0 atom stereocenters.